The molecular weight excluding hydrogens is 378 g/mol. The number of aromatic nitrogens is 2. The van der Waals surface area contributed by atoms with Gasteiger partial charge in [-0.25, -0.2) is 4.98 Å². The van der Waals surface area contributed by atoms with Gasteiger partial charge in [0, 0.05) is 24.0 Å². The fourth-order valence-corrected chi connectivity index (χ4v) is 3.78. The average Bonchev–Trinajstić information content (AvgIpc) is 2.83. The van der Waals surface area contributed by atoms with Crippen LogP contribution in [0.2, 0.25) is 0 Å². The predicted molar refractivity (Wildman–Crippen MR) is 129 cm³/mol. The number of anilines is 1. The van der Waals surface area contributed by atoms with Crippen LogP contribution in [-0.2, 0) is 6.54 Å². The molecule has 3 nitrogen and oxygen atoms in total. The van der Waals surface area contributed by atoms with E-state index >= 15 is 0 Å². The maximum atomic E-state index is 4.82. The molecule has 31 heavy (non-hydrogen) atoms. The number of pyridine rings is 2. The molecule has 150 valence electrons. The highest BCUT2D eigenvalue weighted by molar-refractivity contribution is 5.86. The molecule has 0 amide bonds. The normalized spacial score (nSPS) is 10.9. The van der Waals surface area contributed by atoms with E-state index in [1.165, 1.54) is 27.5 Å². The molecule has 0 radical (unpaired) electrons. The van der Waals surface area contributed by atoms with Gasteiger partial charge in [0.15, 0.2) is 0 Å². The Hall–Kier alpha value is -3.98. The lowest BCUT2D eigenvalue weighted by Gasteiger charge is -2.09. The van der Waals surface area contributed by atoms with Crippen molar-refractivity contribution in [3.63, 3.8) is 0 Å². The van der Waals surface area contributed by atoms with Gasteiger partial charge in [0.2, 0.25) is 0 Å². The van der Waals surface area contributed by atoms with Crippen LogP contribution in [0.5, 0.6) is 0 Å². The maximum Gasteiger partial charge on any atom is 0.126 e. The van der Waals surface area contributed by atoms with Crippen molar-refractivity contribution in [1.82, 2.24) is 9.97 Å². The van der Waals surface area contributed by atoms with Crippen molar-refractivity contribution in [2.75, 3.05) is 5.32 Å². The van der Waals surface area contributed by atoms with E-state index in [0.29, 0.717) is 0 Å². The summed E-state index contributed by atoms with van der Waals surface area (Å²) in [5, 5.41) is 5.92. The summed E-state index contributed by atoms with van der Waals surface area (Å²) in [5.74, 6) is 0.875. The first-order valence-electron chi connectivity index (χ1n) is 10.5. The molecule has 3 aromatic carbocycles. The molecule has 1 N–H and O–H groups in total. The number of benzene rings is 3. The van der Waals surface area contributed by atoms with Gasteiger partial charge in [-0.15, -0.1) is 0 Å². The lowest BCUT2D eigenvalue weighted by atomic mass is 10.0. The number of aryl methyl sites for hydroxylation is 1. The minimum Gasteiger partial charge on any atom is -0.366 e. The number of hydrogen-bond acceptors (Lipinski definition) is 3. The van der Waals surface area contributed by atoms with E-state index in [-0.39, 0.29) is 0 Å². The molecule has 2 heterocycles. The number of nitrogens with one attached hydrogen (secondary N) is 1. The highest BCUT2D eigenvalue weighted by Crippen LogP contribution is 2.24. The zero-order chi connectivity index (χ0) is 21.0. The molecule has 2 aromatic heterocycles. The Kier molecular flexibility index (Phi) is 5.16. The second-order valence-corrected chi connectivity index (χ2v) is 7.71. The van der Waals surface area contributed by atoms with Crippen molar-refractivity contribution in [2.24, 2.45) is 0 Å². The lowest BCUT2D eigenvalue weighted by molar-refractivity contribution is 1.11. The summed E-state index contributed by atoms with van der Waals surface area (Å²) < 4.78 is 0. The molecule has 0 unspecified atom stereocenters. The summed E-state index contributed by atoms with van der Waals surface area (Å²) in [5.41, 5.74) is 6.73. The second-order valence-electron chi connectivity index (χ2n) is 7.71. The largest absolute Gasteiger partial charge is 0.366 e. The Labute approximate surface area is 182 Å². The van der Waals surface area contributed by atoms with E-state index in [9.17, 15) is 0 Å². The summed E-state index contributed by atoms with van der Waals surface area (Å²) >= 11 is 0. The highest BCUT2D eigenvalue weighted by atomic mass is 15.0. The van der Waals surface area contributed by atoms with Crippen molar-refractivity contribution in [2.45, 2.75) is 13.5 Å². The van der Waals surface area contributed by atoms with Crippen LogP contribution in [0.25, 0.3) is 33.2 Å². The molecule has 0 fully saturated rings. The van der Waals surface area contributed by atoms with Gasteiger partial charge in [0.05, 0.1) is 5.69 Å². The minimum absolute atomic E-state index is 0.726. The van der Waals surface area contributed by atoms with Crippen LogP contribution in [0.3, 0.4) is 0 Å². The fourth-order valence-electron chi connectivity index (χ4n) is 3.78. The van der Waals surface area contributed by atoms with Crippen LogP contribution < -0.4 is 5.32 Å². The van der Waals surface area contributed by atoms with Crippen molar-refractivity contribution >= 4 is 16.6 Å². The Morgan fingerprint density at radius 1 is 0.677 bits per heavy atom. The van der Waals surface area contributed by atoms with Crippen LogP contribution >= 0.6 is 0 Å². The second kappa shape index (κ2) is 8.41. The molecule has 0 bridgehead atoms. The molecule has 0 saturated heterocycles. The number of rotatable bonds is 5. The zero-order valence-corrected chi connectivity index (χ0v) is 17.4. The molecule has 5 aromatic rings. The van der Waals surface area contributed by atoms with Crippen LogP contribution in [0, 0.1) is 6.92 Å². The molecular formula is C28H23N3. The first-order chi connectivity index (χ1) is 15.2. The van der Waals surface area contributed by atoms with E-state index in [4.69, 9.17) is 4.98 Å². The molecule has 0 saturated carbocycles. The summed E-state index contributed by atoms with van der Waals surface area (Å²) in [7, 11) is 0. The average molecular weight is 402 g/mol. The summed E-state index contributed by atoms with van der Waals surface area (Å²) in [6.07, 6.45) is 1.86. The van der Waals surface area contributed by atoms with E-state index < -0.39 is 0 Å². The summed E-state index contributed by atoms with van der Waals surface area (Å²) in [6, 6.07) is 33.8. The lowest BCUT2D eigenvalue weighted by Crippen LogP contribution is -2.01. The molecule has 0 spiro atoms. The monoisotopic (exact) mass is 401 g/mol. The fraction of sp³-hybridized carbons (Fsp3) is 0.0714. The van der Waals surface area contributed by atoms with Crippen molar-refractivity contribution in [3.05, 3.63) is 115 Å². The van der Waals surface area contributed by atoms with Gasteiger partial charge >= 0.3 is 0 Å². The van der Waals surface area contributed by atoms with Crippen LogP contribution in [0.15, 0.2) is 103 Å². The smallest absolute Gasteiger partial charge is 0.126 e. The Morgan fingerprint density at radius 3 is 2.32 bits per heavy atom. The first kappa shape index (κ1) is 19.0. The van der Waals surface area contributed by atoms with E-state index in [2.05, 4.69) is 95.2 Å². The predicted octanol–water partition coefficient (Wildman–Crippen LogP) is 6.88. The topological polar surface area (TPSA) is 37.8 Å². The van der Waals surface area contributed by atoms with Gasteiger partial charge < -0.3 is 5.32 Å². The summed E-state index contributed by atoms with van der Waals surface area (Å²) in [6.45, 7) is 2.74. The third kappa shape index (κ3) is 4.31. The van der Waals surface area contributed by atoms with Gasteiger partial charge in [0.1, 0.15) is 5.82 Å². The van der Waals surface area contributed by atoms with Crippen molar-refractivity contribution in [3.8, 4) is 22.4 Å². The molecule has 0 atom stereocenters. The van der Waals surface area contributed by atoms with E-state index in [1.54, 1.807) is 0 Å². The van der Waals surface area contributed by atoms with Crippen LogP contribution in [0.4, 0.5) is 5.82 Å². The Bertz CT molecular complexity index is 1340. The van der Waals surface area contributed by atoms with E-state index in [0.717, 1.165) is 29.3 Å². The van der Waals surface area contributed by atoms with Gasteiger partial charge in [-0.2, -0.15) is 0 Å². The standard InChI is InChI=1S/C28H23N3/c1-20-17-25(15-16-29-20)23-11-9-21(10-12-23)19-30-28-8-4-7-27(31-28)26-14-13-22-5-2-3-6-24(22)18-26/h2-18H,19H2,1H3,(H,30,31). The number of fused-ring (bicyclic) bond motifs is 1. The van der Waals surface area contributed by atoms with E-state index in [1.807, 2.05) is 25.3 Å². The third-order valence-corrected chi connectivity index (χ3v) is 5.45. The first-order valence-corrected chi connectivity index (χ1v) is 10.5. The molecule has 0 aliphatic heterocycles. The van der Waals surface area contributed by atoms with Crippen molar-refractivity contribution in [1.29, 1.82) is 0 Å². The highest BCUT2D eigenvalue weighted by Gasteiger charge is 2.04. The quantitative estimate of drug-likeness (QED) is 0.349. The van der Waals surface area contributed by atoms with Crippen molar-refractivity contribution < 1.29 is 0 Å². The third-order valence-electron chi connectivity index (χ3n) is 5.45. The molecule has 5 rings (SSSR count). The zero-order valence-electron chi connectivity index (χ0n) is 17.4. The molecule has 3 heteroatoms. The van der Waals surface area contributed by atoms with Crippen LogP contribution in [-0.4, -0.2) is 9.97 Å². The summed E-state index contributed by atoms with van der Waals surface area (Å²) in [4.78, 5) is 9.09. The van der Waals surface area contributed by atoms with Gasteiger partial charge in [-0.3, -0.25) is 4.98 Å². The van der Waals surface area contributed by atoms with Gasteiger partial charge in [0.25, 0.3) is 0 Å². The minimum atomic E-state index is 0.726. The van der Waals surface area contributed by atoms with Gasteiger partial charge in [-0.1, -0.05) is 66.7 Å². The number of nitrogens with zero attached hydrogens (tertiary/aromatic N) is 2. The Balaban J connectivity index is 1.30. The molecule has 0 aliphatic rings. The van der Waals surface area contributed by atoms with Crippen LogP contribution in [0.1, 0.15) is 11.3 Å². The number of hydrogen-bond donors (Lipinski definition) is 1. The molecule has 0 aliphatic carbocycles. The Morgan fingerprint density at radius 2 is 1.48 bits per heavy atom. The SMILES string of the molecule is Cc1cc(-c2ccc(CNc3cccc(-c4ccc5ccccc5c4)n3)cc2)ccn1. The van der Waals surface area contributed by atoms with Gasteiger partial charge in [-0.05, 0) is 64.7 Å². The maximum absolute atomic E-state index is 4.82.